The van der Waals surface area contributed by atoms with Crippen molar-refractivity contribution in [1.29, 1.82) is 0 Å². The van der Waals surface area contributed by atoms with Crippen molar-refractivity contribution in [3.8, 4) is 0 Å². The summed E-state index contributed by atoms with van der Waals surface area (Å²) in [6.07, 6.45) is 2.00. The van der Waals surface area contributed by atoms with E-state index in [9.17, 15) is 9.59 Å². The van der Waals surface area contributed by atoms with E-state index in [-0.39, 0.29) is 11.8 Å². The first-order valence-electron chi connectivity index (χ1n) is 5.47. The predicted molar refractivity (Wildman–Crippen MR) is 60.4 cm³/mol. The van der Waals surface area contributed by atoms with E-state index in [0.717, 1.165) is 17.5 Å². The van der Waals surface area contributed by atoms with Crippen molar-refractivity contribution in [2.24, 2.45) is 11.7 Å². The van der Waals surface area contributed by atoms with Crippen molar-refractivity contribution >= 4 is 11.8 Å². The number of hydrogen-bond donors (Lipinski definition) is 3. The first-order valence-corrected chi connectivity index (χ1v) is 5.47. The molecule has 0 saturated heterocycles. The molecule has 0 radical (unpaired) electrons. The molecule has 1 unspecified atom stereocenters. The van der Waals surface area contributed by atoms with Crippen LogP contribution in [0.5, 0.6) is 0 Å². The van der Waals surface area contributed by atoms with Gasteiger partial charge in [-0.25, -0.2) is 5.48 Å². The smallest absolute Gasteiger partial charge is 0.248 e. The van der Waals surface area contributed by atoms with E-state index in [4.69, 9.17) is 10.9 Å². The molecule has 0 aliphatic heterocycles. The van der Waals surface area contributed by atoms with Crippen LogP contribution in [-0.2, 0) is 17.6 Å². The number of amides is 2. The highest BCUT2D eigenvalue weighted by molar-refractivity contribution is 5.93. The lowest BCUT2D eigenvalue weighted by Crippen LogP contribution is -2.32. The number of aryl methyl sites for hydroxylation is 1. The molecule has 0 aromatic heterocycles. The highest BCUT2D eigenvalue weighted by Crippen LogP contribution is 2.26. The van der Waals surface area contributed by atoms with Crippen molar-refractivity contribution in [2.45, 2.75) is 19.3 Å². The number of rotatable bonds is 2. The summed E-state index contributed by atoms with van der Waals surface area (Å²) in [5.74, 6) is -1.09. The Morgan fingerprint density at radius 2 is 2.12 bits per heavy atom. The molecule has 1 atom stereocenters. The molecule has 0 heterocycles. The van der Waals surface area contributed by atoms with Gasteiger partial charge in [0.15, 0.2) is 0 Å². The fourth-order valence-electron chi connectivity index (χ4n) is 2.23. The number of hydroxylamine groups is 1. The van der Waals surface area contributed by atoms with Gasteiger partial charge in [0.25, 0.3) is 0 Å². The molecular weight excluding hydrogens is 220 g/mol. The highest BCUT2D eigenvalue weighted by atomic mass is 16.5. The Hall–Kier alpha value is -1.88. The number of hydrogen-bond acceptors (Lipinski definition) is 3. The van der Waals surface area contributed by atoms with E-state index >= 15 is 0 Å². The van der Waals surface area contributed by atoms with Gasteiger partial charge in [-0.05, 0) is 42.5 Å². The van der Waals surface area contributed by atoms with Crippen molar-refractivity contribution < 1.29 is 14.8 Å². The zero-order chi connectivity index (χ0) is 12.4. The van der Waals surface area contributed by atoms with Crippen LogP contribution in [0.3, 0.4) is 0 Å². The maximum atomic E-state index is 11.3. The van der Waals surface area contributed by atoms with Crippen LogP contribution in [0.1, 0.15) is 27.9 Å². The second-order valence-electron chi connectivity index (χ2n) is 4.26. The van der Waals surface area contributed by atoms with Gasteiger partial charge in [0.05, 0.1) is 0 Å². The van der Waals surface area contributed by atoms with E-state index in [1.807, 2.05) is 6.07 Å². The van der Waals surface area contributed by atoms with E-state index in [0.29, 0.717) is 18.4 Å². The van der Waals surface area contributed by atoms with E-state index in [1.165, 1.54) is 0 Å². The Bertz CT molecular complexity index is 471. The lowest BCUT2D eigenvalue weighted by atomic mass is 9.83. The fourth-order valence-corrected chi connectivity index (χ4v) is 2.23. The van der Waals surface area contributed by atoms with Crippen LogP contribution in [0.25, 0.3) is 0 Å². The first-order chi connectivity index (χ1) is 8.11. The fraction of sp³-hybridized carbons (Fsp3) is 0.333. The third-order valence-electron chi connectivity index (χ3n) is 3.20. The van der Waals surface area contributed by atoms with E-state index in [2.05, 4.69) is 0 Å². The van der Waals surface area contributed by atoms with Crippen molar-refractivity contribution in [3.05, 3.63) is 34.9 Å². The summed E-state index contributed by atoms with van der Waals surface area (Å²) in [6.45, 7) is 0. The normalized spacial score (nSPS) is 18.3. The molecule has 4 N–H and O–H groups in total. The average Bonchev–Trinajstić information content (AvgIpc) is 2.36. The third kappa shape index (κ3) is 2.29. The van der Waals surface area contributed by atoms with E-state index < -0.39 is 5.91 Å². The molecule has 2 rings (SSSR count). The lowest BCUT2D eigenvalue weighted by Gasteiger charge is -2.23. The predicted octanol–water partition coefficient (Wildman–Crippen LogP) is 0.396. The zero-order valence-corrected chi connectivity index (χ0v) is 9.27. The van der Waals surface area contributed by atoms with Crippen LogP contribution < -0.4 is 11.2 Å². The molecule has 0 bridgehead atoms. The molecule has 1 aliphatic carbocycles. The minimum Gasteiger partial charge on any atom is -0.366 e. The van der Waals surface area contributed by atoms with Crippen LogP contribution in [-0.4, -0.2) is 17.0 Å². The van der Waals surface area contributed by atoms with Gasteiger partial charge in [0.2, 0.25) is 11.8 Å². The van der Waals surface area contributed by atoms with Gasteiger partial charge in [0.1, 0.15) is 0 Å². The number of nitrogens with one attached hydrogen (secondary N) is 1. The second kappa shape index (κ2) is 4.55. The summed E-state index contributed by atoms with van der Waals surface area (Å²) >= 11 is 0. The van der Waals surface area contributed by atoms with Gasteiger partial charge in [-0.2, -0.15) is 0 Å². The van der Waals surface area contributed by atoms with Crippen molar-refractivity contribution in [2.75, 3.05) is 0 Å². The Kier molecular flexibility index (Phi) is 3.10. The van der Waals surface area contributed by atoms with Crippen LogP contribution in [0.4, 0.5) is 0 Å². The second-order valence-corrected chi connectivity index (χ2v) is 4.26. The minimum absolute atomic E-state index is 0.240. The Morgan fingerprint density at radius 3 is 2.76 bits per heavy atom. The monoisotopic (exact) mass is 234 g/mol. The Morgan fingerprint density at radius 1 is 1.35 bits per heavy atom. The summed E-state index contributed by atoms with van der Waals surface area (Å²) < 4.78 is 0. The summed E-state index contributed by atoms with van der Waals surface area (Å²) in [4.78, 5) is 22.4. The van der Waals surface area contributed by atoms with Crippen LogP contribution in [0.2, 0.25) is 0 Å². The molecule has 5 heteroatoms. The molecule has 5 nitrogen and oxygen atoms in total. The largest absolute Gasteiger partial charge is 0.366 e. The van der Waals surface area contributed by atoms with Gasteiger partial charge in [-0.15, -0.1) is 0 Å². The maximum absolute atomic E-state index is 11.3. The molecule has 2 amide bonds. The molecule has 1 aromatic carbocycles. The lowest BCUT2D eigenvalue weighted by molar-refractivity contribution is -0.133. The molecule has 1 aliphatic rings. The molecule has 17 heavy (non-hydrogen) atoms. The van der Waals surface area contributed by atoms with Gasteiger partial charge in [0, 0.05) is 11.5 Å². The Labute approximate surface area is 98.6 Å². The maximum Gasteiger partial charge on any atom is 0.248 e. The van der Waals surface area contributed by atoms with Gasteiger partial charge in [-0.3, -0.25) is 14.8 Å². The topological polar surface area (TPSA) is 92.4 Å². The quantitative estimate of drug-likeness (QED) is 0.510. The van der Waals surface area contributed by atoms with Crippen LogP contribution in [0.15, 0.2) is 18.2 Å². The minimum atomic E-state index is -0.471. The molecule has 0 fully saturated rings. The average molecular weight is 234 g/mol. The molecular formula is C12H14N2O3. The first kappa shape index (κ1) is 11.6. The molecule has 90 valence electrons. The van der Waals surface area contributed by atoms with Gasteiger partial charge < -0.3 is 5.73 Å². The van der Waals surface area contributed by atoms with Crippen LogP contribution in [0, 0.1) is 5.92 Å². The SMILES string of the molecule is NC(=O)c1ccc2c(c1)CC(C(=O)NO)CC2. The number of carbonyl (C=O) groups is 2. The van der Waals surface area contributed by atoms with Crippen molar-refractivity contribution in [3.63, 3.8) is 0 Å². The summed E-state index contributed by atoms with van der Waals surface area (Å²) in [5, 5.41) is 8.60. The summed E-state index contributed by atoms with van der Waals surface area (Å²) in [7, 11) is 0. The van der Waals surface area contributed by atoms with E-state index in [1.54, 1.807) is 17.6 Å². The molecule has 0 saturated carbocycles. The highest BCUT2D eigenvalue weighted by Gasteiger charge is 2.24. The zero-order valence-electron chi connectivity index (χ0n) is 9.27. The molecule has 1 aromatic rings. The van der Waals surface area contributed by atoms with Crippen LogP contribution >= 0.6 is 0 Å². The number of fused-ring (bicyclic) bond motifs is 1. The van der Waals surface area contributed by atoms with Gasteiger partial charge >= 0.3 is 0 Å². The number of benzene rings is 1. The number of primary amides is 1. The Balaban J connectivity index is 2.26. The van der Waals surface area contributed by atoms with Crippen molar-refractivity contribution in [1.82, 2.24) is 5.48 Å². The summed E-state index contributed by atoms with van der Waals surface area (Å²) in [5.41, 5.74) is 9.43. The number of nitrogens with two attached hydrogens (primary N) is 1. The standard InChI is InChI=1S/C12H14N2O3/c13-11(15)8-3-1-7-2-4-9(12(16)14-17)6-10(7)5-8/h1,3,5,9,17H,2,4,6H2,(H2,13,15)(H,14,16). The van der Waals surface area contributed by atoms with Gasteiger partial charge in [-0.1, -0.05) is 6.07 Å². The molecule has 0 spiro atoms. The number of carbonyl (C=O) groups excluding carboxylic acids is 2. The summed E-state index contributed by atoms with van der Waals surface area (Å²) in [6, 6.07) is 5.31. The third-order valence-corrected chi connectivity index (χ3v) is 3.20.